The molecule has 1 heterocycles. The van der Waals surface area contributed by atoms with Gasteiger partial charge in [-0.05, 0) is 31.9 Å². The summed E-state index contributed by atoms with van der Waals surface area (Å²) in [6.45, 7) is 3.62. The van der Waals surface area contributed by atoms with Gasteiger partial charge >= 0.3 is 5.97 Å². The number of carbonyl (C=O) groups is 1. The molecule has 19 heavy (non-hydrogen) atoms. The van der Waals surface area contributed by atoms with Crippen molar-refractivity contribution in [3.8, 4) is 0 Å². The van der Waals surface area contributed by atoms with Gasteiger partial charge in [0, 0.05) is 5.69 Å². The molecule has 0 aliphatic rings. The Bertz CT molecular complexity index is 562. The van der Waals surface area contributed by atoms with E-state index in [4.69, 9.17) is 0 Å². The van der Waals surface area contributed by atoms with Gasteiger partial charge in [0.05, 0.1) is 5.69 Å². The molecule has 0 amide bonds. The summed E-state index contributed by atoms with van der Waals surface area (Å²) in [5.41, 5.74) is 2.35. The normalized spacial score (nSPS) is 12.1. The summed E-state index contributed by atoms with van der Waals surface area (Å²) >= 11 is 0. The Morgan fingerprint density at radius 2 is 1.89 bits per heavy atom. The highest BCUT2D eigenvalue weighted by Crippen LogP contribution is 2.20. The van der Waals surface area contributed by atoms with E-state index in [1.54, 1.807) is 13.0 Å². The molecule has 0 saturated heterocycles. The first kappa shape index (κ1) is 13.2. The molecule has 0 fully saturated rings. The summed E-state index contributed by atoms with van der Waals surface area (Å²) in [4.78, 5) is 19.9. The number of benzene rings is 1. The van der Waals surface area contributed by atoms with Gasteiger partial charge in [0.1, 0.15) is 11.7 Å². The van der Waals surface area contributed by atoms with Crippen molar-refractivity contribution in [3.63, 3.8) is 0 Å². The molecule has 0 aliphatic heterocycles. The van der Waals surface area contributed by atoms with Gasteiger partial charge in [0.15, 0.2) is 0 Å². The Balaban J connectivity index is 2.32. The Kier molecular flexibility index (Phi) is 3.90. The summed E-state index contributed by atoms with van der Waals surface area (Å²) in [5, 5.41) is 9.41. The quantitative estimate of drug-likeness (QED) is 0.913. The van der Waals surface area contributed by atoms with Gasteiger partial charge in [-0.3, -0.25) is 4.79 Å². The van der Waals surface area contributed by atoms with E-state index in [1.165, 1.54) is 0 Å². The smallest absolute Gasteiger partial charge is 0.312 e. The number of carboxylic acid groups (broad SMARTS) is 1. The number of nitrogens with zero attached hydrogens (tertiary/aromatic N) is 2. The van der Waals surface area contributed by atoms with Crippen LogP contribution >= 0.6 is 0 Å². The van der Waals surface area contributed by atoms with E-state index < -0.39 is 11.9 Å². The van der Waals surface area contributed by atoms with Crippen molar-refractivity contribution in [1.29, 1.82) is 0 Å². The molecule has 0 radical (unpaired) electrons. The Morgan fingerprint density at radius 1 is 1.21 bits per heavy atom. The fourth-order valence-electron chi connectivity index (χ4n) is 2.09. The first-order chi connectivity index (χ1) is 9.06. The van der Waals surface area contributed by atoms with Crippen molar-refractivity contribution in [1.82, 2.24) is 9.97 Å². The summed E-state index contributed by atoms with van der Waals surface area (Å²) < 4.78 is 0. The minimum absolute atomic E-state index is 0.437. The monoisotopic (exact) mass is 256 g/mol. The summed E-state index contributed by atoms with van der Waals surface area (Å²) in [6.07, 6.45) is 0.437. The molecule has 1 atom stereocenters. The maximum atomic E-state index is 11.5. The van der Waals surface area contributed by atoms with E-state index in [2.05, 4.69) is 9.97 Å². The first-order valence-corrected chi connectivity index (χ1v) is 6.15. The third kappa shape index (κ3) is 3.37. The second-order valence-electron chi connectivity index (χ2n) is 4.56. The zero-order chi connectivity index (χ0) is 13.8. The Labute approximate surface area is 112 Å². The largest absolute Gasteiger partial charge is 0.481 e. The number of aliphatic carboxylic acids is 1. The van der Waals surface area contributed by atoms with Crippen LogP contribution in [0.4, 0.5) is 0 Å². The number of hydrogen-bond donors (Lipinski definition) is 1. The van der Waals surface area contributed by atoms with Crippen molar-refractivity contribution in [2.45, 2.75) is 26.2 Å². The van der Waals surface area contributed by atoms with Crippen LogP contribution in [-0.4, -0.2) is 21.0 Å². The molecule has 1 aromatic heterocycles. The molecule has 0 saturated carbocycles. The molecule has 2 aromatic rings. The van der Waals surface area contributed by atoms with Crippen LogP contribution in [0.15, 0.2) is 36.4 Å². The van der Waals surface area contributed by atoms with Crippen molar-refractivity contribution in [3.05, 3.63) is 59.2 Å². The Hall–Kier alpha value is -2.23. The van der Waals surface area contributed by atoms with Crippen molar-refractivity contribution < 1.29 is 9.90 Å². The van der Waals surface area contributed by atoms with E-state index in [9.17, 15) is 9.90 Å². The lowest BCUT2D eigenvalue weighted by molar-refractivity contribution is -0.138. The highest BCUT2D eigenvalue weighted by molar-refractivity contribution is 5.75. The minimum Gasteiger partial charge on any atom is -0.481 e. The maximum absolute atomic E-state index is 11.5. The standard InChI is InChI=1S/C15H16N2O2/c1-10-8-14(17-11(2)16-10)13(15(18)19)9-12-6-4-3-5-7-12/h3-8,13H,9H2,1-2H3,(H,18,19). The fraction of sp³-hybridized carbons (Fsp3) is 0.267. The summed E-state index contributed by atoms with van der Waals surface area (Å²) in [5.74, 6) is -0.890. The predicted molar refractivity (Wildman–Crippen MR) is 72.0 cm³/mol. The van der Waals surface area contributed by atoms with Crippen molar-refractivity contribution in [2.24, 2.45) is 0 Å². The second-order valence-corrected chi connectivity index (χ2v) is 4.56. The van der Waals surface area contributed by atoms with Crippen LogP contribution in [-0.2, 0) is 11.2 Å². The third-order valence-corrected chi connectivity index (χ3v) is 2.92. The molecule has 0 bridgehead atoms. The van der Waals surface area contributed by atoms with Gasteiger partial charge < -0.3 is 5.11 Å². The molecule has 1 N–H and O–H groups in total. The molecular weight excluding hydrogens is 240 g/mol. The van der Waals surface area contributed by atoms with Crippen molar-refractivity contribution in [2.75, 3.05) is 0 Å². The van der Waals surface area contributed by atoms with Gasteiger partial charge in [-0.15, -0.1) is 0 Å². The predicted octanol–water partition coefficient (Wildman–Crippen LogP) is 2.50. The molecule has 4 nitrogen and oxygen atoms in total. The van der Waals surface area contributed by atoms with Crippen LogP contribution in [0.2, 0.25) is 0 Å². The summed E-state index contributed by atoms with van der Waals surface area (Å²) in [7, 11) is 0. The lowest BCUT2D eigenvalue weighted by atomic mass is 9.95. The van der Waals surface area contributed by atoms with Crippen LogP contribution in [0.3, 0.4) is 0 Å². The zero-order valence-corrected chi connectivity index (χ0v) is 11.0. The molecule has 1 unspecified atom stereocenters. The van der Waals surface area contributed by atoms with Gasteiger partial charge in [0.25, 0.3) is 0 Å². The SMILES string of the molecule is Cc1cc(C(Cc2ccccc2)C(=O)O)nc(C)n1. The van der Waals surface area contributed by atoms with E-state index in [-0.39, 0.29) is 0 Å². The molecule has 4 heteroatoms. The molecule has 1 aromatic carbocycles. The van der Waals surface area contributed by atoms with Crippen LogP contribution in [0.25, 0.3) is 0 Å². The number of rotatable bonds is 4. The molecule has 98 valence electrons. The van der Waals surface area contributed by atoms with Gasteiger partial charge in [0.2, 0.25) is 0 Å². The molecule has 2 rings (SSSR count). The zero-order valence-electron chi connectivity index (χ0n) is 11.0. The Morgan fingerprint density at radius 3 is 2.47 bits per heavy atom. The van der Waals surface area contributed by atoms with E-state index >= 15 is 0 Å². The first-order valence-electron chi connectivity index (χ1n) is 6.15. The van der Waals surface area contributed by atoms with Crippen LogP contribution < -0.4 is 0 Å². The average Bonchev–Trinajstić information content (AvgIpc) is 2.35. The van der Waals surface area contributed by atoms with Gasteiger partial charge in [-0.1, -0.05) is 30.3 Å². The lowest BCUT2D eigenvalue weighted by Gasteiger charge is -2.13. The molecule has 0 spiro atoms. The molecule has 0 aliphatic carbocycles. The molecular formula is C15H16N2O2. The highest BCUT2D eigenvalue weighted by Gasteiger charge is 2.22. The average molecular weight is 256 g/mol. The van der Waals surface area contributed by atoms with Crippen LogP contribution in [0.5, 0.6) is 0 Å². The maximum Gasteiger partial charge on any atom is 0.312 e. The van der Waals surface area contributed by atoms with E-state index in [0.717, 1.165) is 11.3 Å². The van der Waals surface area contributed by atoms with Crippen LogP contribution in [0.1, 0.15) is 28.7 Å². The third-order valence-electron chi connectivity index (χ3n) is 2.92. The number of carboxylic acids is 1. The van der Waals surface area contributed by atoms with E-state index in [0.29, 0.717) is 17.9 Å². The van der Waals surface area contributed by atoms with Crippen molar-refractivity contribution >= 4 is 5.97 Å². The van der Waals surface area contributed by atoms with Gasteiger partial charge in [-0.2, -0.15) is 0 Å². The number of aryl methyl sites for hydroxylation is 2. The highest BCUT2D eigenvalue weighted by atomic mass is 16.4. The lowest BCUT2D eigenvalue weighted by Crippen LogP contribution is -2.17. The van der Waals surface area contributed by atoms with Gasteiger partial charge in [-0.25, -0.2) is 9.97 Å². The summed E-state index contributed by atoms with van der Waals surface area (Å²) in [6, 6.07) is 11.3. The van der Waals surface area contributed by atoms with Crippen LogP contribution in [0, 0.1) is 13.8 Å². The fourth-order valence-corrected chi connectivity index (χ4v) is 2.09. The van der Waals surface area contributed by atoms with E-state index in [1.807, 2.05) is 37.3 Å². The minimum atomic E-state index is -0.860. The number of hydrogen-bond acceptors (Lipinski definition) is 3. The second kappa shape index (κ2) is 5.61. The topological polar surface area (TPSA) is 63.1 Å². The number of aromatic nitrogens is 2.